The highest BCUT2D eigenvalue weighted by molar-refractivity contribution is 5.96. The van der Waals surface area contributed by atoms with Gasteiger partial charge in [0.05, 0.1) is 0 Å². The number of hydrogen-bond acceptors (Lipinski definition) is 3. The molecule has 0 radical (unpaired) electrons. The van der Waals surface area contributed by atoms with Crippen molar-refractivity contribution in [1.82, 2.24) is 4.90 Å². The van der Waals surface area contributed by atoms with Crippen LogP contribution in [0.2, 0.25) is 0 Å². The lowest BCUT2D eigenvalue weighted by molar-refractivity contribution is 0.0955. The van der Waals surface area contributed by atoms with Gasteiger partial charge in [-0.3, -0.25) is 4.79 Å². The third-order valence-corrected chi connectivity index (χ3v) is 4.67. The molecular weight excluding hydrogens is 305 g/mol. The van der Waals surface area contributed by atoms with E-state index in [0.717, 1.165) is 31.5 Å². The SMILES string of the molecule is O=C(CCN1CCCC(c2cccc(O)c2)C1)c1ccc(F)cc1. The van der Waals surface area contributed by atoms with Crippen LogP contribution in [0.5, 0.6) is 5.75 Å². The molecule has 1 N–H and O–H groups in total. The average Bonchev–Trinajstić information content (AvgIpc) is 2.60. The maximum Gasteiger partial charge on any atom is 0.164 e. The van der Waals surface area contributed by atoms with Crippen LogP contribution in [0.4, 0.5) is 4.39 Å². The molecule has 2 aromatic rings. The van der Waals surface area contributed by atoms with Gasteiger partial charge in [0.15, 0.2) is 5.78 Å². The van der Waals surface area contributed by atoms with Crippen molar-refractivity contribution in [2.45, 2.75) is 25.2 Å². The highest BCUT2D eigenvalue weighted by Gasteiger charge is 2.22. The predicted octanol–water partition coefficient (Wildman–Crippen LogP) is 3.98. The molecule has 1 heterocycles. The zero-order valence-electron chi connectivity index (χ0n) is 13.6. The van der Waals surface area contributed by atoms with E-state index >= 15 is 0 Å². The summed E-state index contributed by atoms with van der Waals surface area (Å²) in [4.78, 5) is 14.5. The topological polar surface area (TPSA) is 40.5 Å². The number of phenols is 1. The highest BCUT2D eigenvalue weighted by Crippen LogP contribution is 2.28. The molecule has 4 heteroatoms. The maximum atomic E-state index is 12.9. The first-order valence-corrected chi connectivity index (χ1v) is 8.42. The first-order chi connectivity index (χ1) is 11.6. The number of aromatic hydroxyl groups is 1. The summed E-state index contributed by atoms with van der Waals surface area (Å²) in [6.07, 6.45) is 2.63. The number of rotatable bonds is 5. The number of likely N-dealkylation sites (tertiary alicyclic amines) is 1. The molecule has 1 unspecified atom stereocenters. The van der Waals surface area contributed by atoms with Gasteiger partial charge in [0.1, 0.15) is 11.6 Å². The van der Waals surface area contributed by atoms with E-state index in [4.69, 9.17) is 0 Å². The molecule has 0 bridgehead atoms. The molecule has 1 atom stereocenters. The molecule has 1 saturated heterocycles. The van der Waals surface area contributed by atoms with Crippen LogP contribution < -0.4 is 0 Å². The zero-order chi connectivity index (χ0) is 16.9. The van der Waals surface area contributed by atoms with E-state index in [0.29, 0.717) is 30.2 Å². The minimum atomic E-state index is -0.323. The summed E-state index contributed by atoms with van der Waals surface area (Å²) in [7, 11) is 0. The van der Waals surface area contributed by atoms with Gasteiger partial charge >= 0.3 is 0 Å². The summed E-state index contributed by atoms with van der Waals surface area (Å²) in [6.45, 7) is 2.61. The Morgan fingerprint density at radius 2 is 2.00 bits per heavy atom. The van der Waals surface area contributed by atoms with Crippen molar-refractivity contribution in [2.75, 3.05) is 19.6 Å². The summed E-state index contributed by atoms with van der Waals surface area (Å²) in [5.74, 6) is 0.425. The first-order valence-electron chi connectivity index (χ1n) is 8.42. The Morgan fingerprint density at radius 3 is 2.75 bits per heavy atom. The van der Waals surface area contributed by atoms with Crippen molar-refractivity contribution in [1.29, 1.82) is 0 Å². The largest absolute Gasteiger partial charge is 0.508 e. The minimum absolute atomic E-state index is 0.0504. The predicted molar refractivity (Wildman–Crippen MR) is 91.9 cm³/mol. The van der Waals surface area contributed by atoms with Crippen LogP contribution in [0.1, 0.15) is 41.1 Å². The third-order valence-electron chi connectivity index (χ3n) is 4.67. The fourth-order valence-corrected chi connectivity index (χ4v) is 3.35. The van der Waals surface area contributed by atoms with E-state index in [1.807, 2.05) is 12.1 Å². The molecule has 1 aliphatic heterocycles. The van der Waals surface area contributed by atoms with Crippen LogP contribution >= 0.6 is 0 Å². The third kappa shape index (κ3) is 4.20. The number of piperidine rings is 1. The van der Waals surface area contributed by atoms with E-state index in [9.17, 15) is 14.3 Å². The Morgan fingerprint density at radius 1 is 1.21 bits per heavy atom. The van der Waals surface area contributed by atoms with E-state index in [1.165, 1.54) is 12.1 Å². The zero-order valence-corrected chi connectivity index (χ0v) is 13.6. The molecule has 126 valence electrons. The number of ketones is 1. The molecule has 0 aliphatic carbocycles. The number of phenolic OH excluding ortho intramolecular Hbond substituents is 1. The standard InChI is InChI=1S/C20H22FNO2/c21-18-8-6-15(7-9-18)20(24)10-12-22-11-2-4-17(14-22)16-3-1-5-19(23)13-16/h1,3,5-9,13,17,23H,2,4,10-12,14H2. The Labute approximate surface area is 141 Å². The molecule has 0 spiro atoms. The molecular formula is C20H22FNO2. The molecule has 0 saturated carbocycles. The Balaban J connectivity index is 1.55. The summed E-state index contributed by atoms with van der Waals surface area (Å²) in [5, 5.41) is 9.65. The van der Waals surface area contributed by atoms with Gasteiger partial charge in [-0.05, 0) is 67.3 Å². The van der Waals surface area contributed by atoms with Crippen LogP contribution in [0.15, 0.2) is 48.5 Å². The monoisotopic (exact) mass is 327 g/mol. The Bertz CT molecular complexity index is 699. The normalized spacial score (nSPS) is 18.5. The molecule has 3 nitrogen and oxygen atoms in total. The van der Waals surface area contributed by atoms with Crippen LogP contribution in [0.3, 0.4) is 0 Å². The lowest BCUT2D eigenvalue weighted by atomic mass is 9.90. The average molecular weight is 327 g/mol. The Hall–Kier alpha value is -2.20. The number of carbonyl (C=O) groups is 1. The van der Waals surface area contributed by atoms with E-state index in [2.05, 4.69) is 11.0 Å². The van der Waals surface area contributed by atoms with Gasteiger partial charge in [-0.15, -0.1) is 0 Å². The van der Waals surface area contributed by atoms with Crippen molar-refractivity contribution in [3.63, 3.8) is 0 Å². The summed E-state index contributed by atoms with van der Waals surface area (Å²) in [5.41, 5.74) is 1.72. The van der Waals surface area contributed by atoms with Crippen molar-refractivity contribution in [3.8, 4) is 5.75 Å². The molecule has 24 heavy (non-hydrogen) atoms. The second kappa shape index (κ2) is 7.58. The molecule has 3 rings (SSSR count). The second-order valence-electron chi connectivity index (χ2n) is 6.41. The summed E-state index contributed by atoms with van der Waals surface area (Å²) in [6, 6.07) is 13.2. The van der Waals surface area contributed by atoms with Crippen LogP contribution in [0.25, 0.3) is 0 Å². The quantitative estimate of drug-likeness (QED) is 0.844. The van der Waals surface area contributed by atoms with Gasteiger partial charge in [-0.1, -0.05) is 12.1 Å². The smallest absolute Gasteiger partial charge is 0.164 e. The fraction of sp³-hybridized carbons (Fsp3) is 0.350. The van der Waals surface area contributed by atoms with Gasteiger partial charge in [0, 0.05) is 25.1 Å². The van der Waals surface area contributed by atoms with Gasteiger partial charge in [0.2, 0.25) is 0 Å². The lowest BCUT2D eigenvalue weighted by Crippen LogP contribution is -2.35. The van der Waals surface area contributed by atoms with Gasteiger partial charge < -0.3 is 10.0 Å². The fourth-order valence-electron chi connectivity index (χ4n) is 3.35. The van der Waals surface area contributed by atoms with Gasteiger partial charge in [-0.25, -0.2) is 4.39 Å². The number of nitrogens with zero attached hydrogens (tertiary/aromatic N) is 1. The second-order valence-corrected chi connectivity index (χ2v) is 6.41. The number of carbonyl (C=O) groups excluding carboxylic acids is 1. The van der Waals surface area contributed by atoms with Crippen LogP contribution in [0, 0.1) is 5.82 Å². The van der Waals surface area contributed by atoms with Crippen LogP contribution in [-0.2, 0) is 0 Å². The summed E-state index contributed by atoms with van der Waals surface area (Å²) >= 11 is 0. The van der Waals surface area contributed by atoms with E-state index in [1.54, 1.807) is 18.2 Å². The molecule has 0 amide bonds. The first kappa shape index (κ1) is 16.7. The lowest BCUT2D eigenvalue weighted by Gasteiger charge is -2.32. The van der Waals surface area contributed by atoms with Crippen LogP contribution in [-0.4, -0.2) is 35.4 Å². The molecule has 1 aliphatic rings. The summed E-state index contributed by atoms with van der Waals surface area (Å²) < 4.78 is 12.9. The number of halogens is 1. The molecule has 0 aromatic heterocycles. The van der Waals surface area contributed by atoms with Crippen molar-refractivity contribution >= 4 is 5.78 Å². The molecule has 1 fully saturated rings. The van der Waals surface area contributed by atoms with Crippen molar-refractivity contribution < 1.29 is 14.3 Å². The Kier molecular flexibility index (Phi) is 5.26. The van der Waals surface area contributed by atoms with Crippen molar-refractivity contribution in [2.24, 2.45) is 0 Å². The van der Waals surface area contributed by atoms with Crippen molar-refractivity contribution in [3.05, 3.63) is 65.5 Å². The van der Waals surface area contributed by atoms with E-state index < -0.39 is 0 Å². The number of benzene rings is 2. The van der Waals surface area contributed by atoms with Gasteiger partial charge in [0.25, 0.3) is 0 Å². The number of Topliss-reactive ketones (excluding diaryl/α,β-unsaturated/α-hetero) is 1. The van der Waals surface area contributed by atoms with Gasteiger partial charge in [-0.2, -0.15) is 0 Å². The highest BCUT2D eigenvalue weighted by atomic mass is 19.1. The number of hydrogen-bond donors (Lipinski definition) is 1. The van der Waals surface area contributed by atoms with E-state index in [-0.39, 0.29) is 11.6 Å². The maximum absolute atomic E-state index is 12.9. The molecule has 2 aromatic carbocycles. The minimum Gasteiger partial charge on any atom is -0.508 e.